The molecule has 1 amide bonds. The van der Waals surface area contributed by atoms with Crippen molar-refractivity contribution in [1.29, 1.82) is 0 Å². The van der Waals surface area contributed by atoms with Gasteiger partial charge in [-0.2, -0.15) is 5.10 Å². The van der Waals surface area contributed by atoms with E-state index < -0.39 is 5.91 Å². The van der Waals surface area contributed by atoms with E-state index in [9.17, 15) is 4.79 Å². The Morgan fingerprint density at radius 3 is 2.81 bits per heavy atom. The van der Waals surface area contributed by atoms with Gasteiger partial charge in [-0.3, -0.25) is 4.79 Å². The first-order valence-corrected chi connectivity index (χ1v) is 5.07. The predicted molar refractivity (Wildman–Crippen MR) is 61.8 cm³/mol. The van der Waals surface area contributed by atoms with Crippen molar-refractivity contribution < 1.29 is 4.79 Å². The molecule has 2 N–H and O–H groups in total. The third-order valence-corrected chi connectivity index (χ3v) is 2.59. The van der Waals surface area contributed by atoms with Crippen LogP contribution < -0.4 is 5.73 Å². The molecular formula is C11H10ClN3O. The number of hydrogen-bond acceptors (Lipinski definition) is 2. The van der Waals surface area contributed by atoms with Crippen molar-refractivity contribution >= 4 is 17.5 Å². The summed E-state index contributed by atoms with van der Waals surface area (Å²) in [6.07, 6.45) is 2.99. The number of para-hydroxylation sites is 1. The Hall–Kier alpha value is -1.81. The van der Waals surface area contributed by atoms with Crippen molar-refractivity contribution in [3.8, 4) is 5.69 Å². The van der Waals surface area contributed by atoms with Gasteiger partial charge in [-0.05, 0) is 18.6 Å². The van der Waals surface area contributed by atoms with E-state index in [1.165, 1.54) is 6.20 Å². The molecule has 0 radical (unpaired) electrons. The van der Waals surface area contributed by atoms with Crippen molar-refractivity contribution in [2.75, 3.05) is 0 Å². The summed E-state index contributed by atoms with van der Waals surface area (Å²) in [6, 6.07) is 5.56. The summed E-state index contributed by atoms with van der Waals surface area (Å²) in [5, 5.41) is 4.64. The van der Waals surface area contributed by atoms with Gasteiger partial charge in [0.1, 0.15) is 0 Å². The highest BCUT2D eigenvalue weighted by atomic mass is 35.5. The molecule has 4 nitrogen and oxygen atoms in total. The molecule has 0 saturated carbocycles. The molecule has 82 valence electrons. The van der Waals surface area contributed by atoms with E-state index in [2.05, 4.69) is 5.10 Å². The number of benzene rings is 1. The average molecular weight is 236 g/mol. The van der Waals surface area contributed by atoms with E-state index in [0.717, 1.165) is 11.3 Å². The molecule has 0 atom stereocenters. The van der Waals surface area contributed by atoms with Gasteiger partial charge < -0.3 is 5.73 Å². The molecule has 0 aliphatic rings. The van der Waals surface area contributed by atoms with E-state index in [4.69, 9.17) is 17.3 Å². The number of nitrogens with zero attached hydrogens (tertiary/aromatic N) is 2. The second-order valence-electron chi connectivity index (χ2n) is 3.44. The molecular weight excluding hydrogens is 226 g/mol. The number of aryl methyl sites for hydroxylation is 1. The first-order chi connectivity index (χ1) is 7.59. The highest BCUT2D eigenvalue weighted by Gasteiger charge is 2.09. The van der Waals surface area contributed by atoms with E-state index in [0.29, 0.717) is 10.6 Å². The number of rotatable bonds is 2. The van der Waals surface area contributed by atoms with Crippen LogP contribution in [0.15, 0.2) is 30.6 Å². The summed E-state index contributed by atoms with van der Waals surface area (Å²) < 4.78 is 1.55. The van der Waals surface area contributed by atoms with Gasteiger partial charge in [0.2, 0.25) is 0 Å². The quantitative estimate of drug-likeness (QED) is 0.865. The molecule has 1 heterocycles. The van der Waals surface area contributed by atoms with Gasteiger partial charge in [-0.25, -0.2) is 4.68 Å². The smallest absolute Gasteiger partial charge is 0.251 e. The highest BCUT2D eigenvalue weighted by Crippen LogP contribution is 2.23. The van der Waals surface area contributed by atoms with Gasteiger partial charge in [0, 0.05) is 6.20 Å². The third kappa shape index (κ3) is 1.79. The lowest BCUT2D eigenvalue weighted by Gasteiger charge is -2.07. The van der Waals surface area contributed by atoms with E-state index in [1.807, 2.05) is 19.1 Å². The van der Waals surface area contributed by atoms with Crippen molar-refractivity contribution in [3.05, 3.63) is 46.7 Å². The number of hydrogen-bond donors (Lipinski definition) is 1. The van der Waals surface area contributed by atoms with Crippen LogP contribution >= 0.6 is 11.6 Å². The Labute approximate surface area is 97.6 Å². The number of carbonyl (C=O) groups excluding carboxylic acids is 1. The summed E-state index contributed by atoms with van der Waals surface area (Å²) in [4.78, 5) is 11.0. The van der Waals surface area contributed by atoms with Crippen LogP contribution in [0.5, 0.6) is 0 Å². The molecule has 0 unspecified atom stereocenters. The molecule has 2 aromatic rings. The lowest BCUT2D eigenvalue weighted by atomic mass is 10.2. The fourth-order valence-electron chi connectivity index (χ4n) is 1.49. The van der Waals surface area contributed by atoms with E-state index in [1.54, 1.807) is 16.9 Å². The Morgan fingerprint density at radius 1 is 1.50 bits per heavy atom. The van der Waals surface area contributed by atoms with Crippen molar-refractivity contribution in [3.63, 3.8) is 0 Å². The summed E-state index contributed by atoms with van der Waals surface area (Å²) in [6.45, 7) is 1.92. The SMILES string of the molecule is Cc1cccc(Cl)c1-n1cc(C(N)=O)cn1. The normalized spacial score (nSPS) is 10.4. The van der Waals surface area contributed by atoms with Crippen molar-refractivity contribution in [1.82, 2.24) is 9.78 Å². The fourth-order valence-corrected chi connectivity index (χ4v) is 1.79. The van der Waals surface area contributed by atoms with Gasteiger partial charge in [-0.1, -0.05) is 23.7 Å². The zero-order valence-corrected chi connectivity index (χ0v) is 9.40. The van der Waals surface area contributed by atoms with Crippen LogP contribution in [-0.4, -0.2) is 15.7 Å². The summed E-state index contributed by atoms with van der Waals surface area (Å²) in [7, 11) is 0. The van der Waals surface area contributed by atoms with Crippen molar-refractivity contribution in [2.24, 2.45) is 5.73 Å². The Kier molecular flexibility index (Phi) is 2.66. The van der Waals surface area contributed by atoms with Gasteiger partial charge in [0.15, 0.2) is 0 Å². The Morgan fingerprint density at radius 2 is 2.25 bits per heavy atom. The molecule has 0 bridgehead atoms. The second kappa shape index (κ2) is 3.98. The van der Waals surface area contributed by atoms with Gasteiger partial charge in [0.25, 0.3) is 5.91 Å². The number of amides is 1. The lowest BCUT2D eigenvalue weighted by Crippen LogP contribution is -2.09. The van der Waals surface area contributed by atoms with E-state index in [-0.39, 0.29) is 0 Å². The van der Waals surface area contributed by atoms with Crippen LogP contribution in [0.4, 0.5) is 0 Å². The maximum Gasteiger partial charge on any atom is 0.251 e. The van der Waals surface area contributed by atoms with Crippen molar-refractivity contribution in [2.45, 2.75) is 6.92 Å². The van der Waals surface area contributed by atoms with Gasteiger partial charge in [-0.15, -0.1) is 0 Å². The second-order valence-corrected chi connectivity index (χ2v) is 3.85. The van der Waals surface area contributed by atoms with Crippen LogP contribution in [0.2, 0.25) is 5.02 Å². The number of primary amides is 1. The predicted octanol–water partition coefficient (Wildman–Crippen LogP) is 1.93. The van der Waals surface area contributed by atoms with Gasteiger partial charge >= 0.3 is 0 Å². The number of carbonyl (C=O) groups is 1. The molecule has 1 aromatic carbocycles. The van der Waals surface area contributed by atoms with Crippen LogP contribution in [-0.2, 0) is 0 Å². The third-order valence-electron chi connectivity index (χ3n) is 2.28. The molecule has 0 aliphatic carbocycles. The Bertz CT molecular complexity index is 528. The minimum absolute atomic E-state index is 0.360. The number of nitrogens with two attached hydrogens (primary N) is 1. The number of halogens is 1. The Balaban J connectivity index is 2.54. The lowest BCUT2D eigenvalue weighted by molar-refractivity contribution is 0.100. The first kappa shape index (κ1) is 10.7. The molecule has 0 aliphatic heterocycles. The zero-order valence-electron chi connectivity index (χ0n) is 8.64. The molecule has 0 saturated heterocycles. The zero-order chi connectivity index (χ0) is 11.7. The highest BCUT2D eigenvalue weighted by molar-refractivity contribution is 6.32. The van der Waals surface area contributed by atoms with Crippen LogP contribution in [0, 0.1) is 6.92 Å². The topological polar surface area (TPSA) is 60.9 Å². The molecule has 0 fully saturated rings. The minimum Gasteiger partial charge on any atom is -0.366 e. The maximum absolute atomic E-state index is 11.0. The molecule has 16 heavy (non-hydrogen) atoms. The monoisotopic (exact) mass is 235 g/mol. The summed E-state index contributed by atoms with van der Waals surface area (Å²) >= 11 is 6.08. The molecule has 2 rings (SSSR count). The molecule has 1 aromatic heterocycles. The van der Waals surface area contributed by atoms with Crippen LogP contribution in [0.25, 0.3) is 5.69 Å². The average Bonchev–Trinajstić information content (AvgIpc) is 2.66. The minimum atomic E-state index is -0.504. The van der Waals surface area contributed by atoms with Crippen LogP contribution in [0.3, 0.4) is 0 Å². The summed E-state index contributed by atoms with van der Waals surface area (Å²) in [5.41, 5.74) is 7.26. The van der Waals surface area contributed by atoms with Gasteiger partial charge in [0.05, 0.1) is 22.5 Å². The standard InChI is InChI=1S/C11H10ClN3O/c1-7-3-2-4-9(12)10(7)15-6-8(5-14-15)11(13)16/h2-6H,1H3,(H2,13,16). The first-order valence-electron chi connectivity index (χ1n) is 4.69. The molecule has 5 heteroatoms. The largest absolute Gasteiger partial charge is 0.366 e. The fraction of sp³-hybridized carbons (Fsp3) is 0.0909. The van der Waals surface area contributed by atoms with E-state index >= 15 is 0 Å². The van der Waals surface area contributed by atoms with Crippen LogP contribution in [0.1, 0.15) is 15.9 Å². The number of aromatic nitrogens is 2. The summed E-state index contributed by atoms with van der Waals surface area (Å²) in [5.74, 6) is -0.504. The molecule has 0 spiro atoms. The maximum atomic E-state index is 11.0.